The first-order valence-electron chi connectivity index (χ1n) is 8.16. The SMILES string of the molecule is CCO[Si](CCCc1cccc(C)c1OC)(OCC)OCC. The lowest BCUT2D eigenvalue weighted by Crippen LogP contribution is -2.46. The third-order valence-corrected chi connectivity index (χ3v) is 6.67. The van der Waals surface area contributed by atoms with Gasteiger partial charge in [-0.1, -0.05) is 18.2 Å². The van der Waals surface area contributed by atoms with Crippen molar-refractivity contribution < 1.29 is 18.0 Å². The van der Waals surface area contributed by atoms with Crippen molar-refractivity contribution in [1.82, 2.24) is 0 Å². The summed E-state index contributed by atoms with van der Waals surface area (Å²) in [5.74, 6) is 0.985. The lowest BCUT2D eigenvalue weighted by atomic mass is 10.1. The number of rotatable bonds is 11. The van der Waals surface area contributed by atoms with E-state index >= 15 is 0 Å². The van der Waals surface area contributed by atoms with Crippen molar-refractivity contribution in [3.8, 4) is 5.75 Å². The van der Waals surface area contributed by atoms with Crippen molar-refractivity contribution in [2.24, 2.45) is 0 Å². The van der Waals surface area contributed by atoms with Gasteiger partial charge in [-0.2, -0.15) is 0 Å². The van der Waals surface area contributed by atoms with Crippen molar-refractivity contribution in [1.29, 1.82) is 0 Å². The second-order valence-corrected chi connectivity index (χ2v) is 7.83. The van der Waals surface area contributed by atoms with E-state index in [0.717, 1.165) is 24.6 Å². The molecule has 0 aromatic heterocycles. The smallest absolute Gasteiger partial charge is 0.496 e. The molecular formula is C17H30O4Si. The van der Waals surface area contributed by atoms with E-state index in [9.17, 15) is 0 Å². The maximum atomic E-state index is 5.89. The molecule has 0 atom stereocenters. The number of hydrogen-bond acceptors (Lipinski definition) is 4. The minimum absolute atomic E-state index is 0.625. The standard InChI is InChI=1S/C17H30O4Si/c1-6-19-22(20-7-2,21-8-3)14-10-13-16-12-9-11-15(4)17(16)18-5/h9,11-12H,6-8,10,13-14H2,1-5H3. The van der Waals surface area contributed by atoms with Crippen LogP contribution in [-0.2, 0) is 19.7 Å². The van der Waals surface area contributed by atoms with E-state index in [1.54, 1.807) is 7.11 Å². The van der Waals surface area contributed by atoms with Crippen molar-refractivity contribution >= 4 is 8.80 Å². The van der Waals surface area contributed by atoms with Gasteiger partial charge >= 0.3 is 8.80 Å². The van der Waals surface area contributed by atoms with Crippen LogP contribution < -0.4 is 4.74 Å². The summed E-state index contributed by atoms with van der Waals surface area (Å²) in [5.41, 5.74) is 2.40. The monoisotopic (exact) mass is 326 g/mol. The van der Waals surface area contributed by atoms with Crippen LogP contribution in [-0.4, -0.2) is 35.7 Å². The Morgan fingerprint density at radius 1 is 0.955 bits per heavy atom. The lowest BCUT2D eigenvalue weighted by Gasteiger charge is -2.28. The fourth-order valence-corrected chi connectivity index (χ4v) is 5.31. The van der Waals surface area contributed by atoms with Gasteiger partial charge in [0.25, 0.3) is 0 Å². The molecule has 22 heavy (non-hydrogen) atoms. The zero-order valence-corrected chi connectivity index (χ0v) is 15.6. The predicted octanol–water partition coefficient (Wildman–Crippen LogP) is 3.98. The Kier molecular flexibility index (Phi) is 8.71. The highest BCUT2D eigenvalue weighted by Crippen LogP contribution is 2.26. The van der Waals surface area contributed by atoms with Crippen LogP contribution in [0.15, 0.2) is 18.2 Å². The van der Waals surface area contributed by atoms with Gasteiger partial charge in [0.2, 0.25) is 0 Å². The maximum Gasteiger partial charge on any atom is 0.500 e. The second-order valence-electron chi connectivity index (χ2n) is 5.10. The van der Waals surface area contributed by atoms with Gasteiger partial charge in [-0.25, -0.2) is 0 Å². The highest BCUT2D eigenvalue weighted by atomic mass is 28.4. The molecule has 4 nitrogen and oxygen atoms in total. The van der Waals surface area contributed by atoms with Crippen molar-refractivity contribution in [3.05, 3.63) is 29.3 Å². The third kappa shape index (κ3) is 5.39. The molecule has 0 unspecified atom stereocenters. The molecule has 0 radical (unpaired) electrons. The summed E-state index contributed by atoms with van der Waals surface area (Å²) in [5, 5.41) is 0. The quantitative estimate of drug-likeness (QED) is 0.576. The first-order chi connectivity index (χ1) is 10.6. The van der Waals surface area contributed by atoms with Crippen LogP contribution in [0.4, 0.5) is 0 Å². The molecule has 0 fully saturated rings. The molecule has 0 aliphatic heterocycles. The molecule has 0 aliphatic carbocycles. The van der Waals surface area contributed by atoms with E-state index < -0.39 is 8.80 Å². The molecule has 0 heterocycles. The molecule has 1 aromatic rings. The minimum Gasteiger partial charge on any atom is -0.496 e. The van der Waals surface area contributed by atoms with Crippen LogP contribution in [0, 0.1) is 6.92 Å². The molecule has 0 saturated heterocycles. The van der Waals surface area contributed by atoms with Crippen LogP contribution in [0.5, 0.6) is 5.75 Å². The van der Waals surface area contributed by atoms with Crippen LogP contribution >= 0.6 is 0 Å². The van der Waals surface area contributed by atoms with E-state index in [4.69, 9.17) is 18.0 Å². The number of para-hydroxylation sites is 1. The summed E-state index contributed by atoms with van der Waals surface area (Å²) in [7, 11) is -0.804. The molecule has 1 aromatic carbocycles. The molecule has 0 aliphatic rings. The number of benzene rings is 1. The molecule has 126 valence electrons. The largest absolute Gasteiger partial charge is 0.500 e. The fourth-order valence-electron chi connectivity index (χ4n) is 2.70. The van der Waals surface area contributed by atoms with Gasteiger partial charge in [0.05, 0.1) is 7.11 Å². The molecule has 0 amide bonds. The number of hydrogen-bond donors (Lipinski definition) is 0. The first kappa shape index (κ1) is 19.2. The lowest BCUT2D eigenvalue weighted by molar-refractivity contribution is 0.0708. The molecule has 0 N–H and O–H groups in total. The average molecular weight is 327 g/mol. The summed E-state index contributed by atoms with van der Waals surface area (Å²) >= 11 is 0. The summed E-state index contributed by atoms with van der Waals surface area (Å²) in [6.45, 7) is 9.91. The molecule has 0 saturated carbocycles. The highest BCUT2D eigenvalue weighted by molar-refractivity contribution is 6.60. The molecule has 0 spiro atoms. The van der Waals surface area contributed by atoms with Crippen LogP contribution in [0.1, 0.15) is 38.3 Å². The van der Waals surface area contributed by atoms with E-state index in [0.29, 0.717) is 19.8 Å². The fraction of sp³-hybridized carbons (Fsp3) is 0.647. The van der Waals surface area contributed by atoms with Gasteiger partial charge in [0, 0.05) is 25.9 Å². The van der Waals surface area contributed by atoms with Crippen molar-refractivity contribution in [3.63, 3.8) is 0 Å². The number of ether oxygens (including phenoxy) is 1. The third-order valence-electron chi connectivity index (χ3n) is 3.52. The van der Waals surface area contributed by atoms with E-state index in [1.807, 2.05) is 20.8 Å². The van der Waals surface area contributed by atoms with Gasteiger partial charge in [-0.3, -0.25) is 0 Å². The summed E-state index contributed by atoms with van der Waals surface area (Å²) in [6, 6.07) is 7.10. The van der Waals surface area contributed by atoms with E-state index in [1.165, 1.54) is 11.1 Å². The Hall–Kier alpha value is -0.883. The van der Waals surface area contributed by atoms with Gasteiger partial charge < -0.3 is 18.0 Å². The van der Waals surface area contributed by atoms with E-state index in [-0.39, 0.29) is 0 Å². The van der Waals surface area contributed by atoms with Crippen molar-refractivity contribution in [2.75, 3.05) is 26.9 Å². The Labute approximate surface area is 136 Å². The van der Waals surface area contributed by atoms with Crippen LogP contribution in [0.3, 0.4) is 0 Å². The van der Waals surface area contributed by atoms with Gasteiger partial charge in [-0.15, -0.1) is 0 Å². The van der Waals surface area contributed by atoms with Crippen LogP contribution in [0.25, 0.3) is 0 Å². The molecule has 0 bridgehead atoms. The summed E-state index contributed by atoms with van der Waals surface area (Å²) < 4.78 is 23.2. The van der Waals surface area contributed by atoms with Crippen LogP contribution in [0.2, 0.25) is 6.04 Å². The Morgan fingerprint density at radius 2 is 1.55 bits per heavy atom. The summed E-state index contributed by atoms with van der Waals surface area (Å²) in [4.78, 5) is 0. The normalized spacial score (nSPS) is 11.7. The molecular weight excluding hydrogens is 296 g/mol. The molecule has 1 rings (SSSR count). The average Bonchev–Trinajstić information content (AvgIpc) is 2.48. The number of methoxy groups -OCH3 is 1. The maximum absolute atomic E-state index is 5.89. The van der Waals surface area contributed by atoms with Crippen molar-refractivity contribution in [2.45, 2.75) is 46.6 Å². The van der Waals surface area contributed by atoms with Gasteiger partial charge in [-0.05, 0) is 51.7 Å². The zero-order chi connectivity index (χ0) is 16.4. The zero-order valence-electron chi connectivity index (χ0n) is 14.6. The highest BCUT2D eigenvalue weighted by Gasteiger charge is 2.39. The summed E-state index contributed by atoms with van der Waals surface area (Å²) in [6.07, 6.45) is 1.90. The predicted molar refractivity (Wildman–Crippen MR) is 91.5 cm³/mol. The van der Waals surface area contributed by atoms with Gasteiger partial charge in [0.15, 0.2) is 0 Å². The first-order valence-corrected chi connectivity index (χ1v) is 10.1. The Balaban J connectivity index is 2.71. The number of aryl methyl sites for hydroxylation is 2. The van der Waals surface area contributed by atoms with E-state index in [2.05, 4.69) is 25.1 Å². The van der Waals surface area contributed by atoms with Gasteiger partial charge in [0.1, 0.15) is 5.75 Å². The topological polar surface area (TPSA) is 36.9 Å². The second kappa shape index (κ2) is 10.00. The Bertz CT molecular complexity index is 420. The Morgan fingerprint density at radius 3 is 2.05 bits per heavy atom. The molecule has 5 heteroatoms. The minimum atomic E-state index is -2.53.